The van der Waals surface area contributed by atoms with Crippen LogP contribution in [-0.4, -0.2) is 0 Å². The first-order valence-corrected chi connectivity index (χ1v) is 14.0. The Balaban J connectivity index is 1.77. The number of benzene rings is 3. The lowest BCUT2D eigenvalue weighted by Crippen LogP contribution is -2.18. The fourth-order valence-electron chi connectivity index (χ4n) is 4.21. The third-order valence-electron chi connectivity index (χ3n) is 5.53. The average Bonchev–Trinajstić information content (AvgIpc) is 3.15. The quantitative estimate of drug-likeness (QED) is 0.271. The van der Waals surface area contributed by atoms with E-state index < -0.39 is 0 Å². The Labute approximate surface area is 221 Å². The molecule has 1 heterocycles. The number of hydrogen-bond acceptors (Lipinski definition) is 2. The second kappa shape index (κ2) is 9.38. The van der Waals surface area contributed by atoms with E-state index >= 15 is 0 Å². The van der Waals surface area contributed by atoms with Crippen LogP contribution in [0.1, 0.15) is 25.7 Å². The molecule has 2 radical (unpaired) electrons. The molecule has 1 nitrogen and oxygen atoms in total. The van der Waals surface area contributed by atoms with E-state index in [-0.39, 0.29) is 0 Å². The van der Waals surface area contributed by atoms with Gasteiger partial charge in [0.2, 0.25) is 0 Å². The molecule has 0 atom stereocenters. The van der Waals surface area contributed by atoms with Crippen molar-refractivity contribution in [2.24, 2.45) is 0 Å². The molecule has 0 unspecified atom stereocenters. The molecular weight excluding hydrogens is 666 g/mol. The van der Waals surface area contributed by atoms with Gasteiger partial charge < -0.3 is 4.90 Å². The van der Waals surface area contributed by atoms with E-state index in [1.807, 2.05) is 0 Å². The summed E-state index contributed by atoms with van der Waals surface area (Å²) in [6, 6.07) is 19.5. The molecule has 3 aromatic rings. The van der Waals surface area contributed by atoms with Gasteiger partial charge in [-0.25, -0.2) is 0 Å². The zero-order valence-corrected chi connectivity index (χ0v) is 23.6. The molecule has 0 aromatic heterocycles. The zero-order chi connectivity index (χ0) is 21.5. The summed E-state index contributed by atoms with van der Waals surface area (Å²) in [6.07, 6.45) is 4.77. The van der Waals surface area contributed by atoms with Gasteiger partial charge in [0.25, 0.3) is 0 Å². The van der Waals surface area contributed by atoms with Gasteiger partial charge in [0.15, 0.2) is 5.88 Å². The summed E-state index contributed by atoms with van der Waals surface area (Å²) in [7, 11) is 0. The van der Waals surface area contributed by atoms with Gasteiger partial charge in [-0.05, 0) is 73.2 Å². The van der Waals surface area contributed by atoms with Crippen LogP contribution in [0.5, 0.6) is 0 Å². The van der Waals surface area contributed by atoms with E-state index in [1.54, 1.807) is 11.8 Å². The standard InChI is InChI=1S/C25H17Br4NS/c26-17-8-15(9-18(27)12-17)21-4-3-5-22(16-10-19(28)13-20(29)11-16)25(21)30-14-31-24-7-2-1-6-23(24)30/h3-5,8-13H,1-2,6-7H2. The highest BCUT2D eigenvalue weighted by molar-refractivity contribution is 9.11. The van der Waals surface area contributed by atoms with Crippen LogP contribution in [0.25, 0.3) is 22.3 Å². The highest BCUT2D eigenvalue weighted by Gasteiger charge is 2.31. The molecule has 0 fully saturated rings. The number of allylic oxidation sites excluding steroid dienone is 2. The summed E-state index contributed by atoms with van der Waals surface area (Å²) >= 11 is 16.5. The van der Waals surface area contributed by atoms with Crippen molar-refractivity contribution >= 4 is 81.2 Å². The Morgan fingerprint density at radius 1 is 0.710 bits per heavy atom. The molecule has 31 heavy (non-hydrogen) atoms. The number of para-hydroxylation sites is 1. The Morgan fingerprint density at radius 2 is 1.23 bits per heavy atom. The van der Waals surface area contributed by atoms with Crippen LogP contribution >= 0.6 is 75.5 Å². The summed E-state index contributed by atoms with van der Waals surface area (Å²) in [4.78, 5) is 3.80. The minimum atomic E-state index is 1.06. The molecule has 1 aliphatic heterocycles. The highest BCUT2D eigenvalue weighted by atomic mass is 79.9. The molecule has 156 valence electrons. The van der Waals surface area contributed by atoms with Crippen molar-refractivity contribution in [1.82, 2.24) is 0 Å². The third kappa shape index (κ3) is 4.61. The van der Waals surface area contributed by atoms with Crippen molar-refractivity contribution in [3.63, 3.8) is 0 Å². The molecule has 3 aromatic carbocycles. The lowest BCUT2D eigenvalue weighted by molar-refractivity contribution is 0.687. The lowest BCUT2D eigenvalue weighted by atomic mass is 9.94. The predicted molar refractivity (Wildman–Crippen MR) is 147 cm³/mol. The van der Waals surface area contributed by atoms with E-state index in [0.29, 0.717) is 0 Å². The summed E-state index contributed by atoms with van der Waals surface area (Å²) in [5, 5.41) is 0. The zero-order valence-electron chi connectivity index (χ0n) is 16.4. The first kappa shape index (κ1) is 22.3. The maximum Gasteiger partial charge on any atom is 0.169 e. The van der Waals surface area contributed by atoms with E-state index in [0.717, 1.165) is 30.7 Å². The molecule has 0 amide bonds. The van der Waals surface area contributed by atoms with Gasteiger partial charge in [-0.3, -0.25) is 0 Å². The second-order valence-electron chi connectivity index (χ2n) is 7.62. The molecule has 6 heteroatoms. The van der Waals surface area contributed by atoms with Crippen LogP contribution < -0.4 is 4.90 Å². The number of anilines is 1. The van der Waals surface area contributed by atoms with Crippen LogP contribution in [0.4, 0.5) is 5.69 Å². The van der Waals surface area contributed by atoms with Gasteiger partial charge in [-0.1, -0.05) is 93.7 Å². The largest absolute Gasteiger partial charge is 0.321 e. The molecule has 0 saturated heterocycles. The van der Waals surface area contributed by atoms with Gasteiger partial charge in [-0.2, -0.15) is 0 Å². The maximum absolute atomic E-state index is 3.67. The Kier molecular flexibility index (Phi) is 6.74. The van der Waals surface area contributed by atoms with Gasteiger partial charge in [0.1, 0.15) is 0 Å². The Bertz CT molecular complexity index is 1090. The van der Waals surface area contributed by atoms with Crippen LogP contribution in [-0.2, 0) is 0 Å². The van der Waals surface area contributed by atoms with Crippen LogP contribution in [0.3, 0.4) is 0 Å². The number of thioether (sulfide) groups is 1. The second-order valence-corrected chi connectivity index (χ2v) is 12.2. The molecule has 0 bridgehead atoms. The average molecular weight is 683 g/mol. The fourth-order valence-corrected chi connectivity index (χ4v) is 7.76. The van der Waals surface area contributed by atoms with Crippen molar-refractivity contribution < 1.29 is 0 Å². The molecule has 2 aliphatic rings. The van der Waals surface area contributed by atoms with Crippen LogP contribution in [0.2, 0.25) is 0 Å². The third-order valence-corrected chi connectivity index (χ3v) is 8.32. The van der Waals surface area contributed by atoms with Crippen molar-refractivity contribution in [2.75, 3.05) is 4.90 Å². The minimum Gasteiger partial charge on any atom is -0.321 e. The monoisotopic (exact) mass is 679 g/mol. The van der Waals surface area contributed by atoms with E-state index in [4.69, 9.17) is 0 Å². The van der Waals surface area contributed by atoms with Crippen molar-refractivity contribution in [1.29, 1.82) is 0 Å². The van der Waals surface area contributed by atoms with Gasteiger partial charge >= 0.3 is 0 Å². The van der Waals surface area contributed by atoms with E-state index in [1.165, 1.54) is 51.4 Å². The highest BCUT2D eigenvalue weighted by Crippen LogP contribution is 2.51. The van der Waals surface area contributed by atoms with Crippen molar-refractivity contribution in [2.45, 2.75) is 25.7 Å². The van der Waals surface area contributed by atoms with Gasteiger partial charge in [0, 0.05) is 39.6 Å². The smallest absolute Gasteiger partial charge is 0.169 e. The normalized spacial score (nSPS) is 16.1. The van der Waals surface area contributed by atoms with Crippen LogP contribution in [0, 0.1) is 5.88 Å². The first-order chi connectivity index (χ1) is 15.0. The molecule has 0 N–H and O–H groups in total. The Hall–Kier alpha value is -0.530. The minimum absolute atomic E-state index is 1.06. The van der Waals surface area contributed by atoms with E-state index in [2.05, 4.69) is 129 Å². The molecule has 0 saturated carbocycles. The van der Waals surface area contributed by atoms with Crippen LogP contribution in [0.15, 0.2) is 83.1 Å². The maximum atomic E-state index is 3.67. The predicted octanol–water partition coefficient (Wildman–Crippen LogP) is 10.4. The topological polar surface area (TPSA) is 3.24 Å². The number of halogens is 4. The summed E-state index contributed by atoms with van der Waals surface area (Å²) < 4.78 is 4.22. The van der Waals surface area contributed by atoms with E-state index in [9.17, 15) is 0 Å². The number of rotatable bonds is 3. The lowest BCUT2D eigenvalue weighted by Gasteiger charge is -2.28. The Morgan fingerprint density at radius 3 is 1.77 bits per heavy atom. The summed E-state index contributed by atoms with van der Waals surface area (Å²) in [5.74, 6) is 3.62. The van der Waals surface area contributed by atoms with Crippen molar-refractivity contribution in [3.05, 3.63) is 89.0 Å². The molecular formula is C25H17Br4NS. The molecule has 5 rings (SSSR count). The molecule has 1 aliphatic carbocycles. The molecule has 0 spiro atoms. The number of nitrogens with zero attached hydrogens (tertiary/aromatic N) is 1. The summed E-state index contributed by atoms with van der Waals surface area (Å²) in [6.45, 7) is 0. The SMILES string of the molecule is Brc1cc(Br)cc(-c2cccc(-c3cc(Br)cc(Br)c3)c2N2[C]SC3=C2CCCC3)c1. The van der Waals surface area contributed by atoms with Gasteiger partial charge in [-0.15, -0.1) is 0 Å². The first-order valence-electron chi connectivity index (χ1n) is 10.0. The summed E-state index contributed by atoms with van der Waals surface area (Å²) in [5.41, 5.74) is 7.34. The number of hydrogen-bond donors (Lipinski definition) is 0. The van der Waals surface area contributed by atoms with Crippen molar-refractivity contribution in [3.8, 4) is 22.3 Å². The fraction of sp³-hybridized carbons (Fsp3) is 0.160. The van der Waals surface area contributed by atoms with Gasteiger partial charge in [0.05, 0.1) is 5.69 Å².